The lowest BCUT2D eigenvalue weighted by molar-refractivity contribution is -0.0207. The molecule has 0 fully saturated rings. The van der Waals surface area contributed by atoms with E-state index >= 15 is 0 Å². The number of rotatable bonds is 13. The van der Waals surface area contributed by atoms with E-state index in [1.54, 1.807) is 26.4 Å². The summed E-state index contributed by atoms with van der Waals surface area (Å²) < 4.78 is 35.9. The van der Waals surface area contributed by atoms with Crippen LogP contribution in [0.1, 0.15) is 10.4 Å². The second kappa shape index (κ2) is 12.5. The van der Waals surface area contributed by atoms with Crippen molar-refractivity contribution in [3.63, 3.8) is 0 Å². The lowest BCUT2D eigenvalue weighted by Gasteiger charge is -2.14. The van der Waals surface area contributed by atoms with Gasteiger partial charge in [-0.1, -0.05) is 0 Å². The molecule has 0 saturated carbocycles. The van der Waals surface area contributed by atoms with Crippen molar-refractivity contribution in [1.82, 2.24) is 0 Å². The zero-order valence-corrected chi connectivity index (χ0v) is 14.2. The predicted molar refractivity (Wildman–Crippen MR) is 84.4 cm³/mol. The van der Waals surface area contributed by atoms with E-state index < -0.39 is 5.97 Å². The van der Waals surface area contributed by atoms with Crippen LogP contribution in [0.4, 0.5) is 0 Å². The molecule has 0 bridgehead atoms. The summed E-state index contributed by atoms with van der Waals surface area (Å²) in [7, 11) is 4.48. The maximum Gasteiger partial charge on any atom is 0.337 e. The van der Waals surface area contributed by atoms with Gasteiger partial charge in [-0.25, -0.2) is 4.79 Å². The fourth-order valence-electron chi connectivity index (χ4n) is 1.60. The number of benzene rings is 1. The number of hydrogen-bond donors (Lipinski definition) is 0. The lowest BCUT2D eigenvalue weighted by Crippen LogP contribution is -2.11. The lowest BCUT2D eigenvalue weighted by atomic mass is 10.2. The fourth-order valence-corrected chi connectivity index (χ4v) is 1.60. The van der Waals surface area contributed by atoms with Gasteiger partial charge in [0, 0.05) is 14.2 Å². The Morgan fingerprint density at radius 3 is 1.96 bits per heavy atom. The molecule has 0 aromatic heterocycles. The SMILES string of the molecule is COCCOCOc1ccc(C(=O)OC)cc1OCOCCOC. The van der Waals surface area contributed by atoms with Crippen LogP contribution < -0.4 is 9.47 Å². The van der Waals surface area contributed by atoms with Gasteiger partial charge in [-0.2, -0.15) is 0 Å². The second-order valence-electron chi connectivity index (χ2n) is 4.48. The van der Waals surface area contributed by atoms with Gasteiger partial charge in [0.2, 0.25) is 0 Å². The summed E-state index contributed by atoms with van der Waals surface area (Å²) in [5.74, 6) is 0.309. The van der Waals surface area contributed by atoms with E-state index in [0.717, 1.165) is 0 Å². The Morgan fingerprint density at radius 2 is 1.42 bits per heavy atom. The maximum atomic E-state index is 11.6. The van der Waals surface area contributed by atoms with E-state index in [1.165, 1.54) is 13.2 Å². The van der Waals surface area contributed by atoms with Gasteiger partial charge in [-0.05, 0) is 18.2 Å². The van der Waals surface area contributed by atoms with Gasteiger partial charge in [-0.15, -0.1) is 0 Å². The molecule has 1 aromatic rings. The van der Waals surface area contributed by atoms with Crippen LogP contribution in [0.3, 0.4) is 0 Å². The standard InChI is InChI=1S/C16H24O8/c1-18-6-8-21-11-23-14-5-4-13(16(17)20-3)10-15(14)24-12-22-9-7-19-2/h4-5,10H,6-9,11-12H2,1-3H3. The topological polar surface area (TPSA) is 81.7 Å². The Balaban J connectivity index is 2.63. The molecule has 0 spiro atoms. The first-order chi connectivity index (χ1) is 11.7. The summed E-state index contributed by atoms with van der Waals surface area (Å²) in [5, 5.41) is 0. The minimum Gasteiger partial charge on any atom is -0.465 e. The number of ether oxygens (including phenoxy) is 7. The Bertz CT molecular complexity index is 477. The molecule has 0 radical (unpaired) electrons. The van der Waals surface area contributed by atoms with Gasteiger partial charge in [0.25, 0.3) is 0 Å². The van der Waals surface area contributed by atoms with Gasteiger partial charge >= 0.3 is 5.97 Å². The molecule has 0 aliphatic heterocycles. The van der Waals surface area contributed by atoms with E-state index in [2.05, 4.69) is 0 Å². The molecule has 8 heteroatoms. The first-order valence-electron chi connectivity index (χ1n) is 7.34. The third-order valence-electron chi connectivity index (χ3n) is 2.82. The number of carbonyl (C=O) groups excluding carboxylic acids is 1. The molecule has 1 rings (SSSR count). The minimum atomic E-state index is -0.469. The minimum absolute atomic E-state index is 0.00508. The van der Waals surface area contributed by atoms with Crippen LogP contribution in [0.25, 0.3) is 0 Å². The summed E-state index contributed by atoms with van der Waals surface area (Å²) >= 11 is 0. The zero-order valence-electron chi connectivity index (χ0n) is 14.2. The van der Waals surface area contributed by atoms with Crippen molar-refractivity contribution >= 4 is 5.97 Å². The summed E-state index contributed by atoms with van der Waals surface area (Å²) in [5.41, 5.74) is 0.344. The monoisotopic (exact) mass is 344 g/mol. The molecule has 8 nitrogen and oxygen atoms in total. The highest BCUT2D eigenvalue weighted by molar-refractivity contribution is 5.90. The number of esters is 1. The van der Waals surface area contributed by atoms with Crippen molar-refractivity contribution in [2.75, 3.05) is 61.3 Å². The second-order valence-corrected chi connectivity index (χ2v) is 4.48. The van der Waals surface area contributed by atoms with Crippen LogP contribution in [0.5, 0.6) is 11.5 Å². The summed E-state index contributed by atoms with van der Waals surface area (Å²) in [6.45, 7) is 1.76. The highest BCUT2D eigenvalue weighted by Crippen LogP contribution is 2.29. The molecule has 24 heavy (non-hydrogen) atoms. The molecule has 1 aromatic carbocycles. The summed E-state index contributed by atoms with van der Waals surface area (Å²) in [4.78, 5) is 11.6. The average molecular weight is 344 g/mol. The number of methoxy groups -OCH3 is 3. The van der Waals surface area contributed by atoms with Crippen molar-refractivity contribution in [3.8, 4) is 11.5 Å². The Kier molecular flexibility index (Phi) is 10.5. The zero-order chi connectivity index (χ0) is 17.6. The van der Waals surface area contributed by atoms with Crippen LogP contribution in [-0.4, -0.2) is 67.3 Å². The molecular weight excluding hydrogens is 320 g/mol. The maximum absolute atomic E-state index is 11.6. The van der Waals surface area contributed by atoms with Gasteiger partial charge < -0.3 is 33.2 Å². The Hall–Kier alpha value is -1.87. The van der Waals surface area contributed by atoms with Crippen LogP contribution >= 0.6 is 0 Å². The quantitative estimate of drug-likeness (QED) is 0.302. The van der Waals surface area contributed by atoms with Gasteiger partial charge in [0.1, 0.15) is 0 Å². The largest absolute Gasteiger partial charge is 0.465 e. The highest BCUT2D eigenvalue weighted by Gasteiger charge is 2.12. The van der Waals surface area contributed by atoms with Gasteiger partial charge in [-0.3, -0.25) is 0 Å². The molecule has 0 heterocycles. The van der Waals surface area contributed by atoms with E-state index in [1.807, 2.05) is 0 Å². The van der Waals surface area contributed by atoms with Crippen molar-refractivity contribution < 1.29 is 38.0 Å². The van der Waals surface area contributed by atoms with Crippen LogP contribution in [-0.2, 0) is 23.7 Å². The Labute approximate surface area is 141 Å². The van der Waals surface area contributed by atoms with Crippen molar-refractivity contribution in [2.24, 2.45) is 0 Å². The normalized spacial score (nSPS) is 10.5. The van der Waals surface area contributed by atoms with Gasteiger partial charge in [0.15, 0.2) is 25.1 Å². The molecule has 0 aliphatic rings. The van der Waals surface area contributed by atoms with Crippen LogP contribution in [0, 0.1) is 0 Å². The van der Waals surface area contributed by atoms with Crippen molar-refractivity contribution in [2.45, 2.75) is 0 Å². The number of hydrogen-bond acceptors (Lipinski definition) is 8. The van der Waals surface area contributed by atoms with E-state index in [9.17, 15) is 4.79 Å². The van der Waals surface area contributed by atoms with E-state index in [-0.39, 0.29) is 13.6 Å². The predicted octanol–water partition coefficient (Wildman–Crippen LogP) is 1.47. The molecule has 0 aliphatic carbocycles. The third kappa shape index (κ3) is 7.60. The van der Waals surface area contributed by atoms with Gasteiger partial charge in [0.05, 0.1) is 39.1 Å². The van der Waals surface area contributed by atoms with E-state index in [4.69, 9.17) is 33.2 Å². The summed E-state index contributed by atoms with van der Waals surface area (Å²) in [6, 6.07) is 4.71. The first kappa shape index (κ1) is 20.2. The fraction of sp³-hybridized carbons (Fsp3) is 0.562. The van der Waals surface area contributed by atoms with E-state index in [0.29, 0.717) is 43.5 Å². The summed E-state index contributed by atoms with van der Waals surface area (Å²) in [6.07, 6.45) is 0. The van der Waals surface area contributed by atoms with Crippen molar-refractivity contribution in [1.29, 1.82) is 0 Å². The molecular formula is C16H24O8. The van der Waals surface area contributed by atoms with Crippen LogP contribution in [0.15, 0.2) is 18.2 Å². The highest BCUT2D eigenvalue weighted by atomic mass is 16.7. The molecule has 0 saturated heterocycles. The molecule has 0 unspecified atom stereocenters. The molecule has 0 amide bonds. The smallest absolute Gasteiger partial charge is 0.337 e. The Morgan fingerprint density at radius 1 is 0.833 bits per heavy atom. The first-order valence-corrected chi connectivity index (χ1v) is 7.34. The molecule has 0 atom stereocenters. The molecule has 136 valence electrons. The third-order valence-corrected chi connectivity index (χ3v) is 2.82. The molecule has 0 N–H and O–H groups in total. The number of carbonyl (C=O) groups is 1. The van der Waals surface area contributed by atoms with Crippen molar-refractivity contribution in [3.05, 3.63) is 23.8 Å². The van der Waals surface area contributed by atoms with Crippen LogP contribution in [0.2, 0.25) is 0 Å². The average Bonchev–Trinajstić information content (AvgIpc) is 2.61.